The van der Waals surface area contributed by atoms with E-state index in [9.17, 15) is 8.42 Å². The number of benzene rings is 1. The molecule has 1 unspecified atom stereocenters. The fourth-order valence-corrected chi connectivity index (χ4v) is 4.25. The van der Waals surface area contributed by atoms with Gasteiger partial charge in [0.15, 0.2) is 5.96 Å². The molecule has 0 aliphatic rings. The zero-order valence-corrected chi connectivity index (χ0v) is 20.4. The van der Waals surface area contributed by atoms with Crippen LogP contribution >= 0.6 is 0 Å². The molecule has 0 amide bonds. The summed E-state index contributed by atoms with van der Waals surface area (Å²) < 4.78 is 32.3. The number of aliphatic imine (C=N–C) groups is 1. The summed E-state index contributed by atoms with van der Waals surface area (Å²) in [6.07, 6.45) is 1.13. The second-order valence-corrected chi connectivity index (χ2v) is 9.90. The molecule has 0 bridgehead atoms. The monoisotopic (exact) mass is 440 g/mol. The SMILES string of the molecule is CCNC(=NCc1ccc(S(=O)(=O)N(C)C(C)C)cc1)NCCC(OCC)C(C)C. The van der Waals surface area contributed by atoms with Gasteiger partial charge in [0.2, 0.25) is 10.0 Å². The Balaban J connectivity index is 2.74. The Morgan fingerprint density at radius 2 is 1.73 bits per heavy atom. The van der Waals surface area contributed by atoms with Crippen LogP contribution in [0.4, 0.5) is 0 Å². The van der Waals surface area contributed by atoms with Crippen molar-refractivity contribution in [3.05, 3.63) is 29.8 Å². The molecule has 172 valence electrons. The highest BCUT2D eigenvalue weighted by Crippen LogP contribution is 2.17. The Morgan fingerprint density at radius 1 is 1.10 bits per heavy atom. The Labute approximate surface area is 183 Å². The summed E-state index contributed by atoms with van der Waals surface area (Å²) in [5, 5.41) is 6.60. The molecular weight excluding hydrogens is 400 g/mol. The molecule has 1 atom stereocenters. The fraction of sp³-hybridized carbons (Fsp3) is 0.682. The van der Waals surface area contributed by atoms with E-state index >= 15 is 0 Å². The number of ether oxygens (including phenoxy) is 1. The van der Waals surface area contributed by atoms with E-state index in [4.69, 9.17) is 4.74 Å². The van der Waals surface area contributed by atoms with Crippen molar-refractivity contribution in [1.82, 2.24) is 14.9 Å². The zero-order valence-electron chi connectivity index (χ0n) is 19.6. The standard InChI is InChI=1S/C22H40N4O3S/c1-8-23-22(24-15-14-21(17(3)4)29-9-2)25-16-19-10-12-20(13-11-19)30(27,28)26(7)18(5)6/h10-13,17-18,21H,8-9,14-16H2,1-7H3,(H2,23,24,25). The van der Waals surface area contributed by atoms with Gasteiger partial charge >= 0.3 is 0 Å². The summed E-state index contributed by atoms with van der Waals surface area (Å²) in [6, 6.07) is 6.84. The molecule has 0 aliphatic heterocycles. The minimum Gasteiger partial charge on any atom is -0.378 e. The molecule has 0 aliphatic carbocycles. The molecule has 0 spiro atoms. The first-order chi connectivity index (χ1) is 14.1. The third-order valence-electron chi connectivity index (χ3n) is 4.94. The van der Waals surface area contributed by atoms with Gasteiger partial charge in [-0.15, -0.1) is 0 Å². The highest BCUT2D eigenvalue weighted by atomic mass is 32.2. The zero-order chi connectivity index (χ0) is 22.7. The van der Waals surface area contributed by atoms with Gasteiger partial charge in [0.1, 0.15) is 0 Å². The fourth-order valence-electron chi connectivity index (χ4n) is 2.88. The van der Waals surface area contributed by atoms with Crippen molar-refractivity contribution in [3.8, 4) is 0 Å². The lowest BCUT2D eigenvalue weighted by Crippen LogP contribution is -2.39. The second kappa shape index (κ2) is 12.9. The van der Waals surface area contributed by atoms with Crippen LogP contribution in [0.25, 0.3) is 0 Å². The number of nitrogens with zero attached hydrogens (tertiary/aromatic N) is 2. The number of hydrogen-bond donors (Lipinski definition) is 2. The van der Waals surface area contributed by atoms with Crippen LogP contribution in [-0.2, 0) is 21.3 Å². The first-order valence-electron chi connectivity index (χ1n) is 10.8. The van der Waals surface area contributed by atoms with Crippen LogP contribution in [0, 0.1) is 5.92 Å². The smallest absolute Gasteiger partial charge is 0.243 e. The van der Waals surface area contributed by atoms with Crippen molar-refractivity contribution in [2.24, 2.45) is 10.9 Å². The molecule has 1 rings (SSSR count). The van der Waals surface area contributed by atoms with E-state index in [1.807, 2.05) is 39.8 Å². The minimum absolute atomic E-state index is 0.0916. The molecule has 0 fully saturated rings. The van der Waals surface area contributed by atoms with Gasteiger partial charge in [0.25, 0.3) is 0 Å². The van der Waals surface area contributed by atoms with Crippen LogP contribution in [-0.4, -0.2) is 57.6 Å². The molecule has 8 heteroatoms. The maximum atomic E-state index is 12.6. The van der Waals surface area contributed by atoms with E-state index in [1.54, 1.807) is 19.2 Å². The molecule has 0 heterocycles. The molecule has 0 radical (unpaired) electrons. The number of guanidine groups is 1. The highest BCUT2D eigenvalue weighted by molar-refractivity contribution is 7.89. The molecule has 1 aromatic carbocycles. The second-order valence-electron chi connectivity index (χ2n) is 7.91. The van der Waals surface area contributed by atoms with Gasteiger partial charge in [-0.3, -0.25) is 0 Å². The Morgan fingerprint density at radius 3 is 2.23 bits per heavy atom. The largest absolute Gasteiger partial charge is 0.378 e. The van der Waals surface area contributed by atoms with E-state index in [1.165, 1.54) is 4.31 Å². The normalized spacial score (nSPS) is 13.9. The molecule has 7 nitrogen and oxygen atoms in total. The average Bonchev–Trinajstić information content (AvgIpc) is 2.70. The van der Waals surface area contributed by atoms with E-state index < -0.39 is 10.0 Å². The van der Waals surface area contributed by atoms with Crippen molar-refractivity contribution in [3.63, 3.8) is 0 Å². The van der Waals surface area contributed by atoms with Gasteiger partial charge < -0.3 is 15.4 Å². The quantitative estimate of drug-likeness (QED) is 0.385. The van der Waals surface area contributed by atoms with E-state index in [-0.39, 0.29) is 12.1 Å². The number of sulfonamides is 1. The van der Waals surface area contributed by atoms with Crippen LogP contribution in [0.2, 0.25) is 0 Å². The van der Waals surface area contributed by atoms with Crippen LogP contribution < -0.4 is 10.6 Å². The van der Waals surface area contributed by atoms with E-state index in [0.717, 1.165) is 37.6 Å². The van der Waals surface area contributed by atoms with Crippen molar-refractivity contribution in [2.75, 3.05) is 26.7 Å². The van der Waals surface area contributed by atoms with Gasteiger partial charge in [-0.2, -0.15) is 4.31 Å². The number of nitrogens with one attached hydrogen (secondary N) is 2. The third kappa shape index (κ3) is 8.24. The maximum absolute atomic E-state index is 12.6. The van der Waals surface area contributed by atoms with Crippen LogP contribution in [0.1, 0.15) is 53.5 Å². The summed E-state index contributed by atoms with van der Waals surface area (Å²) >= 11 is 0. The predicted octanol–water partition coefficient (Wildman–Crippen LogP) is 3.22. The molecule has 1 aromatic rings. The lowest BCUT2D eigenvalue weighted by atomic mass is 10.0. The molecule has 2 N–H and O–H groups in total. The molecular formula is C22H40N4O3S. The molecule has 0 aromatic heterocycles. The van der Waals surface area contributed by atoms with Crippen molar-refractivity contribution < 1.29 is 13.2 Å². The van der Waals surface area contributed by atoms with Crippen molar-refractivity contribution >= 4 is 16.0 Å². The summed E-state index contributed by atoms with van der Waals surface area (Å²) in [5.41, 5.74) is 0.952. The first-order valence-corrected chi connectivity index (χ1v) is 12.3. The summed E-state index contributed by atoms with van der Waals surface area (Å²) in [7, 11) is -1.87. The summed E-state index contributed by atoms with van der Waals surface area (Å²) in [5.74, 6) is 1.21. The van der Waals surface area contributed by atoms with E-state index in [0.29, 0.717) is 17.4 Å². The summed E-state index contributed by atoms with van der Waals surface area (Å²) in [4.78, 5) is 4.92. The number of rotatable bonds is 12. The topological polar surface area (TPSA) is 83.0 Å². The third-order valence-corrected chi connectivity index (χ3v) is 6.98. The Hall–Kier alpha value is -1.64. The van der Waals surface area contributed by atoms with Gasteiger partial charge in [-0.05, 0) is 57.7 Å². The lowest BCUT2D eigenvalue weighted by Gasteiger charge is -2.21. The predicted molar refractivity (Wildman–Crippen MR) is 124 cm³/mol. The van der Waals surface area contributed by atoms with E-state index in [2.05, 4.69) is 29.5 Å². The number of hydrogen-bond acceptors (Lipinski definition) is 4. The highest BCUT2D eigenvalue weighted by Gasteiger charge is 2.22. The Bertz CT molecular complexity index is 746. The lowest BCUT2D eigenvalue weighted by molar-refractivity contribution is 0.0258. The van der Waals surface area contributed by atoms with Gasteiger partial charge in [-0.25, -0.2) is 13.4 Å². The minimum atomic E-state index is -3.47. The first kappa shape index (κ1) is 26.4. The van der Waals surface area contributed by atoms with Gasteiger partial charge in [0, 0.05) is 32.8 Å². The summed E-state index contributed by atoms with van der Waals surface area (Å²) in [6.45, 7) is 14.8. The van der Waals surface area contributed by atoms with Gasteiger partial charge in [0.05, 0.1) is 17.5 Å². The average molecular weight is 441 g/mol. The van der Waals surface area contributed by atoms with Crippen LogP contribution in [0.5, 0.6) is 0 Å². The van der Waals surface area contributed by atoms with Crippen molar-refractivity contribution in [2.45, 2.75) is 71.5 Å². The van der Waals surface area contributed by atoms with Gasteiger partial charge in [-0.1, -0.05) is 26.0 Å². The molecule has 0 saturated heterocycles. The molecule has 30 heavy (non-hydrogen) atoms. The molecule has 0 saturated carbocycles. The van der Waals surface area contributed by atoms with Crippen LogP contribution in [0.3, 0.4) is 0 Å². The van der Waals surface area contributed by atoms with Crippen LogP contribution in [0.15, 0.2) is 34.2 Å². The van der Waals surface area contributed by atoms with Crippen molar-refractivity contribution in [1.29, 1.82) is 0 Å². The Kier molecular flexibility index (Phi) is 11.4. The maximum Gasteiger partial charge on any atom is 0.243 e.